The summed E-state index contributed by atoms with van der Waals surface area (Å²) in [5.41, 5.74) is 6.11. The molecule has 1 heteroatoms. The summed E-state index contributed by atoms with van der Waals surface area (Å²) in [5.74, 6) is 2.66. The minimum Gasteiger partial charge on any atom is -0.0987 e. The van der Waals surface area contributed by atoms with Gasteiger partial charge in [0.05, 0.1) is 0 Å². The number of hydrogen-bond acceptors (Lipinski definition) is 0. The van der Waals surface area contributed by atoms with E-state index in [0.717, 1.165) is 11.8 Å². The van der Waals surface area contributed by atoms with Crippen LogP contribution >= 0.6 is 22.6 Å². The van der Waals surface area contributed by atoms with Crippen LogP contribution < -0.4 is 0 Å². The van der Waals surface area contributed by atoms with E-state index in [4.69, 9.17) is 0 Å². The molecule has 4 aliphatic rings. The summed E-state index contributed by atoms with van der Waals surface area (Å²) in [5, 5.41) is 0. The Hall–Kier alpha value is -1.09. The van der Waals surface area contributed by atoms with E-state index >= 15 is 0 Å². The lowest BCUT2D eigenvalue weighted by atomic mass is 9.67. The smallest absolute Gasteiger partial charge is 0.0295 e. The van der Waals surface area contributed by atoms with Crippen LogP contribution in [0.1, 0.15) is 40.0 Å². The zero-order valence-electron chi connectivity index (χ0n) is 16.8. The molecule has 0 amide bonds. The van der Waals surface area contributed by atoms with Crippen LogP contribution in [-0.2, 0) is 0 Å². The zero-order valence-corrected chi connectivity index (χ0v) is 18.9. The Kier molecular flexibility index (Phi) is 5.26. The van der Waals surface area contributed by atoms with Crippen LogP contribution in [0.25, 0.3) is 0 Å². The molecule has 0 saturated carbocycles. The lowest BCUT2D eigenvalue weighted by Gasteiger charge is -2.38. The molecule has 27 heavy (non-hydrogen) atoms. The van der Waals surface area contributed by atoms with E-state index in [1.54, 1.807) is 5.57 Å². The van der Waals surface area contributed by atoms with Gasteiger partial charge in [-0.25, -0.2) is 0 Å². The molecule has 0 heterocycles. The summed E-state index contributed by atoms with van der Waals surface area (Å²) in [6, 6.07) is 0. The maximum Gasteiger partial charge on any atom is 0.0295 e. The van der Waals surface area contributed by atoms with Crippen LogP contribution in [0.4, 0.5) is 0 Å². The average Bonchev–Trinajstić information content (AvgIpc) is 2.87. The fraction of sp³-hybridized carbons (Fsp3) is 0.462. The van der Waals surface area contributed by atoms with E-state index in [2.05, 4.69) is 105 Å². The molecule has 0 spiro atoms. The Labute approximate surface area is 178 Å². The Balaban J connectivity index is 1.62. The third-order valence-electron chi connectivity index (χ3n) is 7.20. The molecule has 0 N–H and O–H groups in total. The summed E-state index contributed by atoms with van der Waals surface area (Å²) in [4.78, 5) is 0. The molecule has 0 bridgehead atoms. The molecule has 0 nitrogen and oxygen atoms in total. The Morgan fingerprint density at radius 2 is 1.81 bits per heavy atom. The number of alkyl halides is 1. The number of halogens is 1. The third kappa shape index (κ3) is 3.30. The molecule has 142 valence electrons. The van der Waals surface area contributed by atoms with E-state index in [9.17, 15) is 0 Å². The predicted molar refractivity (Wildman–Crippen MR) is 126 cm³/mol. The predicted octanol–water partition coefficient (Wildman–Crippen LogP) is 7.53. The maximum absolute atomic E-state index is 4.13. The van der Waals surface area contributed by atoms with Crippen molar-refractivity contribution < 1.29 is 0 Å². The minimum absolute atomic E-state index is 0.155. The lowest BCUT2D eigenvalue weighted by Crippen LogP contribution is -2.28. The molecule has 0 aromatic rings. The molecule has 0 aromatic carbocycles. The van der Waals surface area contributed by atoms with E-state index < -0.39 is 0 Å². The van der Waals surface area contributed by atoms with Gasteiger partial charge in [0.2, 0.25) is 0 Å². The van der Waals surface area contributed by atoms with Gasteiger partial charge in [-0.15, -0.1) is 0 Å². The molecule has 0 aromatic heterocycles. The van der Waals surface area contributed by atoms with Gasteiger partial charge in [-0.3, -0.25) is 0 Å². The van der Waals surface area contributed by atoms with E-state index in [-0.39, 0.29) is 5.41 Å². The second-order valence-corrected chi connectivity index (χ2v) is 10.7. The highest BCUT2D eigenvalue weighted by Crippen LogP contribution is 2.56. The zero-order chi connectivity index (χ0) is 19.2. The number of rotatable bonds is 3. The van der Waals surface area contributed by atoms with Gasteiger partial charge in [-0.1, -0.05) is 103 Å². The Morgan fingerprint density at radius 3 is 2.56 bits per heavy atom. The first kappa shape index (κ1) is 19.2. The van der Waals surface area contributed by atoms with Gasteiger partial charge in [-0.05, 0) is 72.0 Å². The molecule has 5 atom stereocenters. The van der Waals surface area contributed by atoms with E-state index in [0.29, 0.717) is 15.8 Å². The SMILES string of the molecule is C=CC1=C(/C=C\C)C2=CC=C([C@H]3C=CC4CC(I)C=CC4C3)CC2C1(C)C. The number of fused-ring (bicyclic) bond motifs is 2. The molecular formula is C26H31I. The fourth-order valence-electron chi connectivity index (χ4n) is 5.66. The van der Waals surface area contributed by atoms with E-state index in [1.165, 1.54) is 36.0 Å². The van der Waals surface area contributed by atoms with Crippen molar-refractivity contribution in [1.29, 1.82) is 0 Å². The summed E-state index contributed by atoms with van der Waals surface area (Å²) in [7, 11) is 0. The summed E-state index contributed by atoms with van der Waals surface area (Å²) in [6.45, 7) is 11.0. The Morgan fingerprint density at radius 1 is 1.07 bits per heavy atom. The van der Waals surface area contributed by atoms with E-state index in [1.807, 2.05) is 0 Å². The fourth-order valence-corrected chi connectivity index (χ4v) is 6.48. The topological polar surface area (TPSA) is 0 Å². The third-order valence-corrected chi connectivity index (χ3v) is 8.13. The van der Waals surface area contributed by atoms with Crippen molar-refractivity contribution in [2.45, 2.75) is 44.0 Å². The monoisotopic (exact) mass is 470 g/mol. The van der Waals surface area contributed by atoms with Gasteiger partial charge in [0.15, 0.2) is 0 Å². The van der Waals surface area contributed by atoms with Crippen molar-refractivity contribution in [3.05, 3.63) is 83.6 Å². The number of hydrogen-bond donors (Lipinski definition) is 0. The van der Waals surface area contributed by atoms with Crippen molar-refractivity contribution in [2.75, 3.05) is 0 Å². The molecule has 0 fully saturated rings. The second kappa shape index (κ2) is 7.39. The standard InChI is InChI=1S/C26H31I/c1-5-7-22-23-13-11-20(16-25(23)26(3,4)24(22)6-2)17-8-9-19-15-21(27)12-10-18(19)14-17/h5-13,17-19,21,25H,2,14-16H2,1,3-4H3/b7-5-/t17-,18?,19?,21?,25?/m0/s1. The highest BCUT2D eigenvalue weighted by atomic mass is 127. The van der Waals surface area contributed by atoms with Crippen molar-refractivity contribution in [1.82, 2.24) is 0 Å². The van der Waals surface area contributed by atoms with Crippen molar-refractivity contribution >= 4 is 22.6 Å². The van der Waals surface area contributed by atoms with Gasteiger partial charge < -0.3 is 0 Å². The highest BCUT2D eigenvalue weighted by molar-refractivity contribution is 14.1. The second-order valence-electron chi connectivity index (χ2n) is 9.06. The molecule has 0 saturated heterocycles. The molecule has 4 rings (SSSR count). The first-order valence-electron chi connectivity index (χ1n) is 10.4. The van der Waals surface area contributed by atoms with Crippen molar-refractivity contribution in [2.24, 2.45) is 29.1 Å². The molecular weight excluding hydrogens is 439 g/mol. The molecule has 0 aliphatic heterocycles. The van der Waals surface area contributed by atoms with Crippen LogP contribution in [0.5, 0.6) is 0 Å². The summed E-state index contributed by atoms with van der Waals surface area (Å²) < 4.78 is 0.706. The van der Waals surface area contributed by atoms with Crippen LogP contribution in [0.15, 0.2) is 83.6 Å². The van der Waals surface area contributed by atoms with Crippen LogP contribution in [0.3, 0.4) is 0 Å². The summed E-state index contributed by atoms with van der Waals surface area (Å²) >= 11 is 2.57. The van der Waals surface area contributed by atoms with Gasteiger partial charge in [0.1, 0.15) is 0 Å². The Bertz CT molecular complexity index is 811. The van der Waals surface area contributed by atoms with Crippen LogP contribution in [-0.4, -0.2) is 3.92 Å². The van der Waals surface area contributed by atoms with Crippen molar-refractivity contribution in [3.63, 3.8) is 0 Å². The average molecular weight is 470 g/mol. The summed E-state index contributed by atoms with van der Waals surface area (Å²) in [6.07, 6.45) is 25.1. The maximum atomic E-state index is 4.13. The van der Waals surface area contributed by atoms with Crippen molar-refractivity contribution in [3.8, 4) is 0 Å². The number of allylic oxidation sites excluding steroid dienone is 13. The van der Waals surface area contributed by atoms with Gasteiger partial charge in [0, 0.05) is 3.92 Å². The minimum atomic E-state index is 0.155. The van der Waals surface area contributed by atoms with Gasteiger partial charge >= 0.3 is 0 Å². The largest absolute Gasteiger partial charge is 0.0987 e. The lowest BCUT2D eigenvalue weighted by molar-refractivity contribution is 0.311. The van der Waals surface area contributed by atoms with Crippen LogP contribution in [0.2, 0.25) is 0 Å². The van der Waals surface area contributed by atoms with Crippen LogP contribution in [0, 0.1) is 29.1 Å². The first-order chi connectivity index (χ1) is 13.0. The highest BCUT2D eigenvalue weighted by Gasteiger charge is 2.44. The molecule has 4 aliphatic carbocycles. The van der Waals surface area contributed by atoms with Gasteiger partial charge in [-0.2, -0.15) is 0 Å². The first-order valence-corrected chi connectivity index (χ1v) is 11.6. The normalized spacial score (nSPS) is 37.1. The molecule has 4 unspecified atom stereocenters. The quantitative estimate of drug-likeness (QED) is 0.227. The van der Waals surface area contributed by atoms with Gasteiger partial charge in [0.25, 0.3) is 0 Å². The molecule has 0 radical (unpaired) electrons.